The average molecular weight is 379 g/mol. The number of likely N-dealkylation sites (tertiary alicyclic amines) is 1. The lowest BCUT2D eigenvalue weighted by atomic mass is 9.96. The highest BCUT2D eigenvalue weighted by Crippen LogP contribution is 2.34. The summed E-state index contributed by atoms with van der Waals surface area (Å²) in [5.41, 5.74) is 1.98. The molecule has 3 aliphatic rings. The zero-order chi connectivity index (χ0) is 18.9. The van der Waals surface area contributed by atoms with E-state index in [1.54, 1.807) is 0 Å². The van der Waals surface area contributed by atoms with Gasteiger partial charge < -0.3 is 14.4 Å². The molecule has 1 aromatic carbocycles. The Bertz CT molecular complexity index is 835. The Labute approximate surface area is 167 Å². The van der Waals surface area contributed by atoms with Gasteiger partial charge in [0.2, 0.25) is 0 Å². The van der Waals surface area contributed by atoms with E-state index in [2.05, 4.69) is 37.7 Å². The van der Waals surface area contributed by atoms with Gasteiger partial charge >= 0.3 is 0 Å². The number of para-hydroxylation sites is 1. The van der Waals surface area contributed by atoms with Crippen LogP contribution in [0.2, 0.25) is 0 Å². The predicted octanol–water partition coefficient (Wildman–Crippen LogP) is 3.91. The number of carbonyl (C=O) groups excluding carboxylic acids is 1. The number of hydrogen-bond acceptors (Lipinski definition) is 3. The molecule has 0 unspecified atom stereocenters. The SMILES string of the molecule is O=C(c1ccccc1N1CCCC1)N1CCC[C@@H](c2nccn2CC2CC2)C1. The van der Waals surface area contributed by atoms with Crippen molar-refractivity contribution in [1.29, 1.82) is 0 Å². The van der Waals surface area contributed by atoms with Gasteiger partial charge in [-0.3, -0.25) is 4.79 Å². The van der Waals surface area contributed by atoms with E-state index in [1.165, 1.54) is 31.5 Å². The standard InChI is InChI=1S/C23H30N4O/c28-23(20-7-1-2-8-21(20)25-12-3-4-13-25)27-14-5-6-19(17-27)22-24-11-15-26(22)16-18-9-10-18/h1-2,7-8,11,15,18-19H,3-6,9-10,12-14,16-17H2/t19-/m1/s1. The van der Waals surface area contributed by atoms with Crippen LogP contribution in [0.4, 0.5) is 5.69 Å². The van der Waals surface area contributed by atoms with Crippen molar-refractivity contribution in [3.8, 4) is 0 Å². The van der Waals surface area contributed by atoms with Crippen molar-refractivity contribution in [2.45, 2.75) is 51.0 Å². The smallest absolute Gasteiger partial charge is 0.255 e. The van der Waals surface area contributed by atoms with Gasteiger partial charge in [0.05, 0.1) is 5.56 Å². The number of aromatic nitrogens is 2. The molecule has 3 fully saturated rings. The number of hydrogen-bond donors (Lipinski definition) is 0. The first-order chi connectivity index (χ1) is 13.8. The molecule has 148 valence electrons. The van der Waals surface area contributed by atoms with Crippen LogP contribution < -0.4 is 4.90 Å². The third-order valence-corrected chi connectivity index (χ3v) is 6.55. The summed E-state index contributed by atoms with van der Waals surface area (Å²) in [4.78, 5) is 22.6. The molecule has 2 saturated heterocycles. The third-order valence-electron chi connectivity index (χ3n) is 6.55. The van der Waals surface area contributed by atoms with Crippen molar-refractivity contribution in [2.75, 3.05) is 31.1 Å². The van der Waals surface area contributed by atoms with Crippen LogP contribution in [0, 0.1) is 5.92 Å². The molecule has 0 spiro atoms. The zero-order valence-electron chi connectivity index (χ0n) is 16.6. The maximum absolute atomic E-state index is 13.4. The first kappa shape index (κ1) is 17.8. The monoisotopic (exact) mass is 378 g/mol. The molecule has 28 heavy (non-hydrogen) atoms. The summed E-state index contributed by atoms with van der Waals surface area (Å²) in [6.45, 7) is 4.86. The second kappa shape index (κ2) is 7.61. The molecule has 2 aromatic rings. The first-order valence-corrected chi connectivity index (χ1v) is 10.9. The molecule has 1 aliphatic carbocycles. The van der Waals surface area contributed by atoms with Gasteiger partial charge in [0, 0.05) is 56.7 Å². The summed E-state index contributed by atoms with van der Waals surface area (Å²) in [6.07, 6.45) is 11.4. The lowest BCUT2D eigenvalue weighted by Crippen LogP contribution is -2.40. The number of amides is 1. The van der Waals surface area contributed by atoms with E-state index in [-0.39, 0.29) is 5.91 Å². The summed E-state index contributed by atoms with van der Waals surface area (Å²) in [6, 6.07) is 8.17. The third kappa shape index (κ3) is 3.54. The van der Waals surface area contributed by atoms with Gasteiger partial charge in [-0.05, 0) is 56.6 Å². The summed E-state index contributed by atoms with van der Waals surface area (Å²) < 4.78 is 2.34. The minimum Gasteiger partial charge on any atom is -0.371 e. The highest BCUT2D eigenvalue weighted by atomic mass is 16.2. The van der Waals surface area contributed by atoms with E-state index in [0.29, 0.717) is 5.92 Å². The molecule has 1 aromatic heterocycles. The Kier molecular flexibility index (Phi) is 4.83. The fourth-order valence-corrected chi connectivity index (χ4v) is 4.84. The van der Waals surface area contributed by atoms with Crippen molar-refractivity contribution < 1.29 is 4.79 Å². The topological polar surface area (TPSA) is 41.4 Å². The minimum atomic E-state index is 0.187. The van der Waals surface area contributed by atoms with Crippen LogP contribution in [0.1, 0.15) is 60.6 Å². The van der Waals surface area contributed by atoms with Crippen LogP contribution in [-0.4, -0.2) is 46.5 Å². The van der Waals surface area contributed by atoms with Gasteiger partial charge in [0.15, 0.2) is 0 Å². The number of rotatable bonds is 5. The molecule has 5 nitrogen and oxygen atoms in total. The van der Waals surface area contributed by atoms with Crippen molar-refractivity contribution in [2.24, 2.45) is 5.92 Å². The van der Waals surface area contributed by atoms with E-state index < -0.39 is 0 Å². The van der Waals surface area contributed by atoms with Crippen LogP contribution in [0.15, 0.2) is 36.7 Å². The Hall–Kier alpha value is -2.30. The van der Waals surface area contributed by atoms with Crippen LogP contribution in [0.3, 0.4) is 0 Å². The highest BCUT2D eigenvalue weighted by molar-refractivity contribution is 6.00. The van der Waals surface area contributed by atoms with Gasteiger partial charge in [-0.25, -0.2) is 4.98 Å². The molecule has 0 radical (unpaired) electrons. The van der Waals surface area contributed by atoms with Gasteiger partial charge in [0.25, 0.3) is 5.91 Å². The van der Waals surface area contributed by atoms with Crippen molar-refractivity contribution in [3.63, 3.8) is 0 Å². The van der Waals surface area contributed by atoms with E-state index in [9.17, 15) is 4.79 Å². The van der Waals surface area contributed by atoms with Gasteiger partial charge in [-0.15, -0.1) is 0 Å². The molecule has 5 heteroatoms. The summed E-state index contributed by atoms with van der Waals surface area (Å²) in [5, 5.41) is 0. The van der Waals surface area contributed by atoms with E-state index in [4.69, 9.17) is 0 Å². The number of anilines is 1. The molecule has 0 bridgehead atoms. The molecular formula is C23H30N4O. The minimum absolute atomic E-state index is 0.187. The molecule has 0 N–H and O–H groups in total. The fourth-order valence-electron chi connectivity index (χ4n) is 4.84. The van der Waals surface area contributed by atoms with Crippen LogP contribution in [0.25, 0.3) is 0 Å². The molecule has 1 saturated carbocycles. The number of carbonyl (C=O) groups is 1. The first-order valence-electron chi connectivity index (χ1n) is 10.9. The Balaban J connectivity index is 1.34. The second-order valence-corrected chi connectivity index (χ2v) is 8.68. The second-order valence-electron chi connectivity index (χ2n) is 8.68. The Morgan fingerprint density at radius 3 is 2.68 bits per heavy atom. The summed E-state index contributed by atoms with van der Waals surface area (Å²) in [7, 11) is 0. The molecule has 3 heterocycles. The quantitative estimate of drug-likeness (QED) is 0.792. The molecule has 5 rings (SSSR count). The number of benzene rings is 1. The largest absolute Gasteiger partial charge is 0.371 e. The maximum atomic E-state index is 13.4. The number of nitrogens with zero attached hydrogens (tertiary/aromatic N) is 4. The molecule has 1 amide bonds. The summed E-state index contributed by atoms with van der Waals surface area (Å²) >= 11 is 0. The number of piperidine rings is 1. The molecule has 2 aliphatic heterocycles. The summed E-state index contributed by atoms with van der Waals surface area (Å²) in [5.74, 6) is 2.55. The van der Waals surface area contributed by atoms with Crippen LogP contribution >= 0.6 is 0 Å². The van der Waals surface area contributed by atoms with Gasteiger partial charge in [-0.2, -0.15) is 0 Å². The normalized spacial score (nSPS) is 22.6. The van der Waals surface area contributed by atoms with Gasteiger partial charge in [0.1, 0.15) is 5.82 Å². The lowest BCUT2D eigenvalue weighted by molar-refractivity contribution is 0.0704. The molecular weight excluding hydrogens is 348 g/mol. The Morgan fingerprint density at radius 1 is 1.04 bits per heavy atom. The van der Waals surface area contributed by atoms with Crippen LogP contribution in [0.5, 0.6) is 0 Å². The van der Waals surface area contributed by atoms with Crippen molar-refractivity contribution in [3.05, 3.63) is 48.0 Å². The average Bonchev–Trinajstić information content (AvgIpc) is 3.20. The van der Waals surface area contributed by atoms with Crippen molar-refractivity contribution >= 4 is 11.6 Å². The van der Waals surface area contributed by atoms with E-state index >= 15 is 0 Å². The van der Waals surface area contributed by atoms with Gasteiger partial charge in [-0.1, -0.05) is 12.1 Å². The Morgan fingerprint density at radius 2 is 1.86 bits per heavy atom. The highest BCUT2D eigenvalue weighted by Gasteiger charge is 2.31. The fraction of sp³-hybridized carbons (Fsp3) is 0.565. The van der Waals surface area contributed by atoms with E-state index in [0.717, 1.165) is 62.7 Å². The molecule has 1 atom stereocenters. The number of imidazole rings is 1. The lowest BCUT2D eigenvalue weighted by Gasteiger charge is -2.34. The predicted molar refractivity (Wildman–Crippen MR) is 111 cm³/mol. The maximum Gasteiger partial charge on any atom is 0.255 e. The van der Waals surface area contributed by atoms with E-state index in [1.807, 2.05) is 18.3 Å². The van der Waals surface area contributed by atoms with Crippen LogP contribution in [-0.2, 0) is 6.54 Å². The zero-order valence-corrected chi connectivity index (χ0v) is 16.6. The van der Waals surface area contributed by atoms with Crippen molar-refractivity contribution in [1.82, 2.24) is 14.5 Å².